The van der Waals surface area contributed by atoms with E-state index in [2.05, 4.69) is 25.9 Å². The summed E-state index contributed by atoms with van der Waals surface area (Å²) in [6.45, 7) is 4.99. The fraction of sp³-hybridized carbons (Fsp3) is 0.765. The first-order valence-corrected chi connectivity index (χ1v) is 9.37. The van der Waals surface area contributed by atoms with Gasteiger partial charge in [-0.15, -0.1) is 0 Å². The van der Waals surface area contributed by atoms with Crippen LogP contribution < -0.4 is 0 Å². The molecule has 0 N–H and O–H groups in total. The summed E-state index contributed by atoms with van der Waals surface area (Å²) in [5.74, 6) is -0.390. The number of rotatable bonds is 3. The Morgan fingerprint density at radius 2 is 1.87 bits per heavy atom. The zero-order valence-corrected chi connectivity index (χ0v) is 15.7. The van der Waals surface area contributed by atoms with Crippen LogP contribution in [0.4, 0.5) is 0 Å². The zero-order chi connectivity index (χ0) is 16.4. The highest BCUT2D eigenvalue weighted by Gasteiger charge is 2.35. The molecular weight excluding hydrogens is 358 g/mol. The maximum Gasteiger partial charge on any atom is 0.359 e. The van der Waals surface area contributed by atoms with E-state index >= 15 is 0 Å². The topological polar surface area (TPSA) is 47.4 Å². The normalized spacial score (nSPS) is 21.5. The lowest BCUT2D eigenvalue weighted by Crippen LogP contribution is -2.42. The van der Waals surface area contributed by atoms with Crippen LogP contribution in [0.3, 0.4) is 0 Å². The zero-order valence-electron chi connectivity index (χ0n) is 14.1. The third kappa shape index (κ3) is 3.48. The number of hydrogen-bond donors (Lipinski definition) is 0. The van der Waals surface area contributed by atoms with E-state index in [9.17, 15) is 4.79 Å². The summed E-state index contributed by atoms with van der Waals surface area (Å²) >= 11 is 3.46. The molecule has 1 aromatic heterocycles. The molecule has 6 heteroatoms. The number of likely N-dealkylation sites (tertiary alicyclic amines) is 1. The first-order chi connectivity index (χ1) is 11.0. The Morgan fingerprint density at radius 3 is 2.48 bits per heavy atom. The van der Waals surface area contributed by atoms with E-state index in [0.717, 1.165) is 29.9 Å². The lowest BCUT2D eigenvalue weighted by Gasteiger charge is -2.44. The van der Waals surface area contributed by atoms with Gasteiger partial charge in [-0.25, -0.2) is 4.79 Å². The lowest BCUT2D eigenvalue weighted by molar-refractivity contribution is 0.0489. The second-order valence-electron chi connectivity index (χ2n) is 7.06. The molecule has 0 aromatic carbocycles. The maximum atomic E-state index is 11.8. The Bertz CT molecular complexity index is 569. The summed E-state index contributed by atoms with van der Waals surface area (Å²) in [4.78, 5) is 14.2. The van der Waals surface area contributed by atoms with Crippen molar-refractivity contribution in [1.82, 2.24) is 14.7 Å². The highest BCUT2D eigenvalue weighted by atomic mass is 79.9. The van der Waals surface area contributed by atoms with Gasteiger partial charge in [-0.05, 0) is 54.0 Å². The van der Waals surface area contributed by atoms with Crippen molar-refractivity contribution < 1.29 is 9.53 Å². The third-order valence-electron chi connectivity index (χ3n) is 5.68. The summed E-state index contributed by atoms with van der Waals surface area (Å²) in [7, 11) is 1.39. The Balaban J connectivity index is 1.64. The van der Waals surface area contributed by atoms with Gasteiger partial charge >= 0.3 is 5.97 Å². The van der Waals surface area contributed by atoms with Crippen LogP contribution >= 0.6 is 15.9 Å². The van der Waals surface area contributed by atoms with Crippen LogP contribution in [0.25, 0.3) is 0 Å². The van der Waals surface area contributed by atoms with Gasteiger partial charge in [0.15, 0.2) is 5.69 Å². The van der Waals surface area contributed by atoms with Crippen molar-refractivity contribution in [3.8, 4) is 0 Å². The van der Waals surface area contributed by atoms with Crippen molar-refractivity contribution >= 4 is 21.9 Å². The number of carbonyl (C=O) groups excluding carboxylic acids is 1. The molecule has 0 unspecified atom stereocenters. The summed E-state index contributed by atoms with van der Waals surface area (Å²) in [6.07, 6.45) is 9.68. The largest absolute Gasteiger partial charge is 0.464 e. The van der Waals surface area contributed by atoms with E-state index in [0.29, 0.717) is 11.1 Å². The van der Waals surface area contributed by atoms with Gasteiger partial charge in [0.1, 0.15) is 0 Å². The summed E-state index contributed by atoms with van der Waals surface area (Å²) in [6, 6.07) is 0. The van der Waals surface area contributed by atoms with E-state index < -0.39 is 5.97 Å². The van der Waals surface area contributed by atoms with Crippen LogP contribution in [-0.2, 0) is 11.4 Å². The number of aromatic nitrogens is 2. The minimum absolute atomic E-state index is 0.366. The van der Waals surface area contributed by atoms with Crippen molar-refractivity contribution in [1.29, 1.82) is 0 Å². The van der Waals surface area contributed by atoms with Crippen molar-refractivity contribution in [2.75, 3.05) is 20.2 Å². The van der Waals surface area contributed by atoms with Crippen LogP contribution in [0.15, 0.2) is 4.47 Å². The van der Waals surface area contributed by atoms with Gasteiger partial charge in [0, 0.05) is 13.1 Å². The number of hydrogen-bond acceptors (Lipinski definition) is 4. The van der Waals surface area contributed by atoms with Crippen LogP contribution in [0.5, 0.6) is 0 Å². The molecule has 23 heavy (non-hydrogen) atoms. The highest BCUT2D eigenvalue weighted by molar-refractivity contribution is 9.10. The van der Waals surface area contributed by atoms with Gasteiger partial charge in [0.2, 0.25) is 0 Å². The molecule has 5 nitrogen and oxygen atoms in total. The quantitative estimate of drug-likeness (QED) is 0.745. The van der Waals surface area contributed by atoms with E-state index in [1.54, 1.807) is 0 Å². The number of carbonyl (C=O) groups is 1. The Hall–Kier alpha value is -0.880. The maximum absolute atomic E-state index is 11.8. The Labute approximate surface area is 146 Å². The molecule has 1 saturated carbocycles. The molecule has 0 atom stereocenters. The molecule has 2 aliphatic rings. The van der Waals surface area contributed by atoms with E-state index in [1.807, 2.05) is 11.6 Å². The molecule has 1 aromatic rings. The molecule has 0 amide bonds. The van der Waals surface area contributed by atoms with Crippen molar-refractivity contribution in [3.63, 3.8) is 0 Å². The number of ether oxygens (including phenoxy) is 1. The molecule has 1 spiro atoms. The van der Waals surface area contributed by atoms with Crippen LogP contribution in [0, 0.1) is 12.3 Å². The fourth-order valence-corrected chi connectivity index (χ4v) is 4.49. The number of esters is 1. The monoisotopic (exact) mass is 383 g/mol. The summed E-state index contributed by atoms with van der Waals surface area (Å²) in [5, 5.41) is 4.43. The number of piperidine rings is 1. The van der Waals surface area contributed by atoms with Gasteiger partial charge in [0.25, 0.3) is 0 Å². The van der Waals surface area contributed by atoms with Gasteiger partial charge in [-0.2, -0.15) is 5.10 Å². The van der Waals surface area contributed by atoms with Gasteiger partial charge in [-0.1, -0.05) is 19.3 Å². The first kappa shape index (κ1) is 17.0. The molecule has 128 valence electrons. The minimum atomic E-state index is -0.390. The van der Waals surface area contributed by atoms with Gasteiger partial charge in [-0.3, -0.25) is 9.58 Å². The minimum Gasteiger partial charge on any atom is -0.464 e. The van der Waals surface area contributed by atoms with E-state index in [1.165, 1.54) is 52.1 Å². The first-order valence-electron chi connectivity index (χ1n) is 8.58. The average Bonchev–Trinajstić information content (AvgIpc) is 2.86. The standard InChI is InChI=1S/C17H26BrN3O2/c1-13-14(18)15(16(22)23-2)19-21(13)12-20-10-8-17(9-11-20)6-4-3-5-7-17/h3-12H2,1-2H3. The van der Waals surface area contributed by atoms with E-state index in [-0.39, 0.29) is 0 Å². The predicted octanol–water partition coefficient (Wildman–Crippen LogP) is 3.74. The predicted molar refractivity (Wildman–Crippen MR) is 92.3 cm³/mol. The summed E-state index contributed by atoms with van der Waals surface area (Å²) < 4.78 is 7.44. The Morgan fingerprint density at radius 1 is 1.22 bits per heavy atom. The SMILES string of the molecule is COC(=O)c1nn(CN2CCC3(CCCCC3)CC2)c(C)c1Br. The van der Waals surface area contributed by atoms with Crippen LogP contribution in [-0.4, -0.2) is 40.8 Å². The Kier molecular flexibility index (Phi) is 5.11. The van der Waals surface area contributed by atoms with Crippen LogP contribution in [0.1, 0.15) is 61.1 Å². The molecular formula is C17H26BrN3O2. The van der Waals surface area contributed by atoms with Crippen molar-refractivity contribution in [2.24, 2.45) is 5.41 Å². The third-order valence-corrected chi connectivity index (χ3v) is 6.63. The lowest BCUT2D eigenvalue weighted by atomic mass is 9.68. The average molecular weight is 384 g/mol. The second kappa shape index (κ2) is 6.93. The molecule has 0 radical (unpaired) electrons. The van der Waals surface area contributed by atoms with Gasteiger partial charge in [0.05, 0.1) is 23.9 Å². The molecule has 1 saturated heterocycles. The molecule has 1 aliphatic carbocycles. The fourth-order valence-electron chi connectivity index (χ4n) is 4.05. The van der Waals surface area contributed by atoms with Crippen LogP contribution in [0.2, 0.25) is 0 Å². The van der Waals surface area contributed by atoms with Crippen molar-refractivity contribution in [2.45, 2.75) is 58.5 Å². The molecule has 2 fully saturated rings. The molecule has 1 aliphatic heterocycles. The molecule has 3 rings (SSSR count). The van der Waals surface area contributed by atoms with Crippen molar-refractivity contribution in [3.05, 3.63) is 15.9 Å². The summed E-state index contributed by atoms with van der Waals surface area (Å²) in [5.41, 5.74) is 1.96. The number of methoxy groups -OCH3 is 1. The second-order valence-corrected chi connectivity index (χ2v) is 7.85. The molecule has 2 heterocycles. The smallest absolute Gasteiger partial charge is 0.359 e. The highest BCUT2D eigenvalue weighted by Crippen LogP contribution is 2.44. The molecule has 0 bridgehead atoms. The van der Waals surface area contributed by atoms with Gasteiger partial charge < -0.3 is 4.74 Å². The van der Waals surface area contributed by atoms with E-state index in [4.69, 9.17) is 4.74 Å². The number of halogens is 1. The number of nitrogens with zero attached hydrogens (tertiary/aromatic N) is 3.